The topological polar surface area (TPSA) is 71.1 Å². The van der Waals surface area contributed by atoms with Gasteiger partial charge in [-0.1, -0.05) is 0 Å². The van der Waals surface area contributed by atoms with Crippen molar-refractivity contribution in [3.8, 4) is 0 Å². The number of hydrogen-bond donors (Lipinski definition) is 2. The van der Waals surface area contributed by atoms with Crippen molar-refractivity contribution < 1.29 is 9.59 Å². The molecule has 6 heteroatoms. The summed E-state index contributed by atoms with van der Waals surface area (Å²) in [6, 6.07) is 5.78. The summed E-state index contributed by atoms with van der Waals surface area (Å²) in [5, 5.41) is 7.04. The summed E-state index contributed by atoms with van der Waals surface area (Å²) >= 11 is 1.62. The van der Waals surface area contributed by atoms with Gasteiger partial charge in [0.25, 0.3) is 0 Å². The Bertz CT molecular complexity index is 900. The summed E-state index contributed by atoms with van der Waals surface area (Å²) in [4.78, 5) is 29.7. The summed E-state index contributed by atoms with van der Waals surface area (Å²) in [7, 11) is 0. The van der Waals surface area contributed by atoms with Gasteiger partial charge < -0.3 is 10.6 Å². The molecule has 1 aromatic carbocycles. The molecule has 28 heavy (non-hydrogen) atoms. The number of fused-ring (bicyclic) bond motifs is 1. The molecule has 0 unspecified atom stereocenters. The zero-order valence-electron chi connectivity index (χ0n) is 16.3. The Balaban J connectivity index is 1.14. The third-order valence-corrected chi connectivity index (χ3v) is 7.87. The first kappa shape index (κ1) is 18.1. The summed E-state index contributed by atoms with van der Waals surface area (Å²) in [6.07, 6.45) is 7.48. The Morgan fingerprint density at radius 2 is 1.82 bits per heavy atom. The minimum Gasteiger partial charge on any atom is -0.355 e. The van der Waals surface area contributed by atoms with Crippen LogP contribution >= 0.6 is 11.3 Å². The van der Waals surface area contributed by atoms with Gasteiger partial charge in [-0.2, -0.15) is 0 Å². The van der Waals surface area contributed by atoms with Crippen molar-refractivity contribution in [3.63, 3.8) is 0 Å². The van der Waals surface area contributed by atoms with Crippen LogP contribution in [0.25, 0.3) is 10.2 Å². The minimum atomic E-state index is -0.139. The van der Waals surface area contributed by atoms with Gasteiger partial charge >= 0.3 is 0 Å². The van der Waals surface area contributed by atoms with Gasteiger partial charge in [-0.15, -0.1) is 11.3 Å². The van der Waals surface area contributed by atoms with Gasteiger partial charge in [0.05, 0.1) is 15.2 Å². The number of benzene rings is 1. The fourth-order valence-electron chi connectivity index (χ4n) is 6.21. The Labute approximate surface area is 169 Å². The second-order valence-electron chi connectivity index (χ2n) is 9.17. The second-order valence-corrected chi connectivity index (χ2v) is 10.4. The molecule has 0 radical (unpaired) electrons. The fraction of sp³-hybridized carbons (Fsp3) is 0.591. The maximum atomic E-state index is 12.9. The van der Waals surface area contributed by atoms with E-state index in [0.29, 0.717) is 13.0 Å². The molecule has 0 spiro atoms. The van der Waals surface area contributed by atoms with Crippen LogP contribution in [-0.4, -0.2) is 23.3 Å². The molecule has 1 aromatic heterocycles. The summed E-state index contributed by atoms with van der Waals surface area (Å²) in [5.74, 6) is 2.40. The van der Waals surface area contributed by atoms with E-state index in [1.807, 2.05) is 25.1 Å². The van der Waals surface area contributed by atoms with E-state index in [1.165, 1.54) is 19.3 Å². The highest BCUT2D eigenvalue weighted by Gasteiger charge is 2.54. The van der Waals surface area contributed by atoms with E-state index in [0.717, 1.165) is 57.9 Å². The van der Waals surface area contributed by atoms with Crippen LogP contribution in [0, 0.1) is 30.1 Å². The molecular weight excluding hydrogens is 370 g/mol. The lowest BCUT2D eigenvalue weighted by molar-refractivity contribution is -0.146. The highest BCUT2D eigenvalue weighted by atomic mass is 32.1. The molecule has 2 amide bonds. The van der Waals surface area contributed by atoms with Gasteiger partial charge in [0.2, 0.25) is 11.8 Å². The van der Waals surface area contributed by atoms with Crippen molar-refractivity contribution in [2.75, 3.05) is 11.9 Å². The van der Waals surface area contributed by atoms with Crippen molar-refractivity contribution in [3.05, 3.63) is 23.2 Å². The molecule has 6 rings (SSSR count). The smallest absolute Gasteiger partial charge is 0.226 e. The van der Waals surface area contributed by atoms with Gasteiger partial charge in [-0.3, -0.25) is 9.59 Å². The first-order chi connectivity index (χ1) is 13.5. The standard InChI is InChI=1S/C22H27N3O2S/c1-13-24-18-3-2-17(9-19(18)28-13)25-20(26)4-5-23-21(27)22-10-14-6-15(11-22)8-16(7-14)12-22/h2-3,9,14-16H,4-8,10-12H2,1H3,(H,23,27)(H,25,26). The number of anilines is 1. The zero-order chi connectivity index (χ0) is 19.3. The van der Waals surface area contributed by atoms with Crippen molar-refractivity contribution in [1.82, 2.24) is 10.3 Å². The molecule has 2 N–H and O–H groups in total. The molecule has 1 heterocycles. The average Bonchev–Trinajstić information content (AvgIpc) is 2.99. The van der Waals surface area contributed by atoms with Gasteiger partial charge in [0.15, 0.2) is 0 Å². The number of nitrogens with zero attached hydrogens (tertiary/aromatic N) is 1. The first-order valence-corrected chi connectivity index (χ1v) is 11.3. The lowest BCUT2D eigenvalue weighted by Crippen LogP contribution is -2.53. The number of aromatic nitrogens is 1. The largest absolute Gasteiger partial charge is 0.355 e. The molecule has 0 aliphatic heterocycles. The predicted molar refractivity (Wildman–Crippen MR) is 111 cm³/mol. The van der Waals surface area contributed by atoms with Crippen LogP contribution in [0.2, 0.25) is 0 Å². The molecule has 4 fully saturated rings. The van der Waals surface area contributed by atoms with Crippen molar-refractivity contribution in [1.29, 1.82) is 0 Å². The minimum absolute atomic E-state index is 0.0635. The van der Waals surface area contributed by atoms with E-state index in [9.17, 15) is 9.59 Å². The molecule has 5 nitrogen and oxygen atoms in total. The van der Waals surface area contributed by atoms with Crippen LogP contribution in [0.15, 0.2) is 18.2 Å². The highest BCUT2D eigenvalue weighted by molar-refractivity contribution is 7.18. The number of amides is 2. The molecule has 4 aliphatic rings. The highest BCUT2D eigenvalue weighted by Crippen LogP contribution is 2.60. The monoisotopic (exact) mass is 397 g/mol. The van der Waals surface area contributed by atoms with Crippen LogP contribution in [0.3, 0.4) is 0 Å². The van der Waals surface area contributed by atoms with Crippen molar-refractivity contribution in [2.45, 2.75) is 51.9 Å². The van der Waals surface area contributed by atoms with E-state index in [-0.39, 0.29) is 17.2 Å². The van der Waals surface area contributed by atoms with Gasteiger partial charge in [0, 0.05) is 24.1 Å². The van der Waals surface area contributed by atoms with Crippen molar-refractivity contribution in [2.24, 2.45) is 23.2 Å². The predicted octanol–water partition coefficient (Wildman–Crippen LogP) is 4.27. The summed E-state index contributed by atoms with van der Waals surface area (Å²) in [5.41, 5.74) is 1.61. The summed E-state index contributed by atoms with van der Waals surface area (Å²) < 4.78 is 1.07. The number of hydrogen-bond acceptors (Lipinski definition) is 4. The molecule has 148 valence electrons. The molecule has 2 aromatic rings. The molecule has 0 atom stereocenters. The molecule has 4 aliphatic carbocycles. The Hall–Kier alpha value is -1.95. The van der Waals surface area contributed by atoms with E-state index in [1.54, 1.807) is 11.3 Å². The number of carbonyl (C=O) groups is 2. The lowest BCUT2D eigenvalue weighted by Gasteiger charge is -2.55. The summed E-state index contributed by atoms with van der Waals surface area (Å²) in [6.45, 7) is 2.39. The normalized spacial score (nSPS) is 30.5. The average molecular weight is 398 g/mol. The van der Waals surface area contributed by atoms with Crippen molar-refractivity contribution >= 4 is 39.1 Å². The maximum Gasteiger partial charge on any atom is 0.226 e. The number of rotatable bonds is 5. The molecule has 4 bridgehead atoms. The lowest BCUT2D eigenvalue weighted by atomic mass is 9.49. The maximum absolute atomic E-state index is 12.9. The number of aryl methyl sites for hydroxylation is 1. The van der Waals surface area contributed by atoms with Crippen LogP contribution in [0.5, 0.6) is 0 Å². The molecule has 0 saturated heterocycles. The van der Waals surface area contributed by atoms with E-state index >= 15 is 0 Å². The van der Waals surface area contributed by atoms with Crippen LogP contribution < -0.4 is 10.6 Å². The number of nitrogens with one attached hydrogen (secondary N) is 2. The fourth-order valence-corrected chi connectivity index (χ4v) is 7.07. The van der Waals surface area contributed by atoms with Gasteiger partial charge in [0.1, 0.15) is 0 Å². The van der Waals surface area contributed by atoms with E-state index < -0.39 is 0 Å². The quantitative estimate of drug-likeness (QED) is 0.792. The zero-order valence-corrected chi connectivity index (χ0v) is 17.1. The van der Waals surface area contributed by atoms with Gasteiger partial charge in [-0.05, 0) is 81.4 Å². The van der Waals surface area contributed by atoms with Crippen LogP contribution in [-0.2, 0) is 9.59 Å². The SMILES string of the molecule is Cc1nc2ccc(NC(=O)CCNC(=O)C34CC5CC(CC(C5)C3)C4)cc2s1. The van der Waals surface area contributed by atoms with Crippen LogP contribution in [0.4, 0.5) is 5.69 Å². The Morgan fingerprint density at radius 3 is 2.50 bits per heavy atom. The third kappa shape index (κ3) is 3.32. The second kappa shape index (κ2) is 6.83. The molecule has 4 saturated carbocycles. The van der Waals surface area contributed by atoms with Crippen LogP contribution in [0.1, 0.15) is 50.0 Å². The van der Waals surface area contributed by atoms with E-state index in [2.05, 4.69) is 15.6 Å². The third-order valence-electron chi connectivity index (χ3n) is 6.94. The Morgan fingerprint density at radius 1 is 1.14 bits per heavy atom. The molecular formula is C22H27N3O2S. The van der Waals surface area contributed by atoms with E-state index in [4.69, 9.17) is 0 Å². The first-order valence-electron chi connectivity index (χ1n) is 10.4. The van der Waals surface area contributed by atoms with Gasteiger partial charge in [-0.25, -0.2) is 4.98 Å². The number of carbonyl (C=O) groups excluding carboxylic acids is 2. The Kier molecular flexibility index (Phi) is 4.42. The number of thiazole rings is 1.